The third-order valence-corrected chi connectivity index (χ3v) is 3.33. The topological polar surface area (TPSA) is 50.2 Å². The minimum atomic E-state index is 0.954. The van der Waals surface area contributed by atoms with Crippen molar-refractivity contribution in [3.05, 3.63) is 48.4 Å². The maximum atomic E-state index is 4.29. The van der Waals surface area contributed by atoms with Crippen LogP contribution in [0.15, 0.2) is 48.0 Å². The quantitative estimate of drug-likeness (QED) is 0.620. The molecule has 1 N–H and O–H groups in total. The largest absolute Gasteiger partial charge is 0.277 e. The van der Waals surface area contributed by atoms with Crippen molar-refractivity contribution in [2.24, 2.45) is 5.10 Å². The Labute approximate surface area is 109 Å². The third-order valence-electron chi connectivity index (χ3n) is 3.33. The fourth-order valence-corrected chi connectivity index (χ4v) is 2.44. The normalized spacial score (nSPS) is 13.3. The first kappa shape index (κ1) is 10.2. The Morgan fingerprint density at radius 3 is 2.89 bits per heavy atom. The van der Waals surface area contributed by atoms with E-state index in [1.54, 1.807) is 12.5 Å². The smallest absolute Gasteiger partial charge is 0.116 e. The van der Waals surface area contributed by atoms with E-state index in [0.717, 1.165) is 32.9 Å². The predicted molar refractivity (Wildman–Crippen MR) is 78.2 cm³/mol. The number of nitrogens with one attached hydrogen (secondary N) is 1. The van der Waals surface area contributed by atoms with Crippen LogP contribution < -0.4 is 5.43 Å². The van der Waals surface area contributed by atoms with E-state index in [-0.39, 0.29) is 0 Å². The van der Waals surface area contributed by atoms with Gasteiger partial charge in [-0.2, -0.15) is 5.10 Å². The molecule has 0 radical (unpaired) electrons. The van der Waals surface area contributed by atoms with E-state index in [4.69, 9.17) is 0 Å². The monoisotopic (exact) mass is 246 g/mol. The summed E-state index contributed by atoms with van der Waals surface area (Å²) in [6, 6.07) is 8.28. The lowest BCUT2D eigenvalue weighted by atomic mass is 10.0. The maximum absolute atomic E-state index is 4.29. The van der Waals surface area contributed by atoms with E-state index >= 15 is 0 Å². The van der Waals surface area contributed by atoms with Crippen molar-refractivity contribution in [3.8, 4) is 0 Å². The Balaban J connectivity index is 2.16. The zero-order valence-electron chi connectivity index (χ0n) is 10.0. The number of aromatic nitrogens is 2. The second-order valence-corrected chi connectivity index (χ2v) is 4.40. The standard InChI is InChI=1S/C15H10N4/c1-2-10-3-4-11-12(15(10)19-18-7-1)5-6-14-13(11)8-16-9-17-14/h1-9,19H. The molecular weight excluding hydrogens is 236 g/mol. The van der Waals surface area contributed by atoms with Crippen LogP contribution in [0.4, 0.5) is 5.69 Å². The Hall–Kier alpha value is -2.75. The van der Waals surface area contributed by atoms with Gasteiger partial charge in [0.25, 0.3) is 0 Å². The van der Waals surface area contributed by atoms with E-state index in [2.05, 4.69) is 38.7 Å². The van der Waals surface area contributed by atoms with Gasteiger partial charge >= 0.3 is 0 Å². The Bertz CT molecular complexity index is 849. The molecule has 4 rings (SSSR count). The molecule has 0 aliphatic carbocycles. The van der Waals surface area contributed by atoms with Crippen LogP contribution in [-0.2, 0) is 0 Å². The molecule has 90 valence electrons. The molecule has 0 unspecified atom stereocenters. The van der Waals surface area contributed by atoms with Crippen molar-refractivity contribution in [3.63, 3.8) is 0 Å². The molecule has 19 heavy (non-hydrogen) atoms. The first-order chi connectivity index (χ1) is 9.43. The number of benzene rings is 2. The summed E-state index contributed by atoms with van der Waals surface area (Å²) in [6.45, 7) is 0. The van der Waals surface area contributed by atoms with Gasteiger partial charge < -0.3 is 0 Å². The highest BCUT2D eigenvalue weighted by atomic mass is 15.3. The second kappa shape index (κ2) is 3.88. The molecule has 1 aliphatic rings. The molecule has 0 saturated carbocycles. The van der Waals surface area contributed by atoms with Gasteiger partial charge in [0, 0.05) is 28.7 Å². The van der Waals surface area contributed by atoms with E-state index in [1.807, 2.05) is 24.4 Å². The number of hydrogen-bond donors (Lipinski definition) is 1. The van der Waals surface area contributed by atoms with Crippen LogP contribution in [0.5, 0.6) is 0 Å². The van der Waals surface area contributed by atoms with Gasteiger partial charge in [0.1, 0.15) is 6.33 Å². The minimum absolute atomic E-state index is 0.954. The third kappa shape index (κ3) is 1.50. The van der Waals surface area contributed by atoms with E-state index < -0.39 is 0 Å². The summed E-state index contributed by atoms with van der Waals surface area (Å²) in [7, 11) is 0. The highest BCUT2D eigenvalue weighted by Crippen LogP contribution is 2.33. The van der Waals surface area contributed by atoms with Crippen molar-refractivity contribution in [1.29, 1.82) is 0 Å². The summed E-state index contributed by atoms with van der Waals surface area (Å²) in [5.41, 5.74) is 6.20. The molecule has 0 fully saturated rings. The van der Waals surface area contributed by atoms with Crippen molar-refractivity contribution < 1.29 is 0 Å². The van der Waals surface area contributed by atoms with Crippen LogP contribution >= 0.6 is 0 Å². The lowest BCUT2D eigenvalue weighted by Gasteiger charge is -2.10. The molecule has 0 bridgehead atoms. The number of hydrogen-bond acceptors (Lipinski definition) is 4. The number of fused-ring (bicyclic) bond motifs is 5. The van der Waals surface area contributed by atoms with Crippen LogP contribution in [0.3, 0.4) is 0 Å². The summed E-state index contributed by atoms with van der Waals surface area (Å²) in [4.78, 5) is 8.41. The van der Waals surface area contributed by atoms with Gasteiger partial charge in [-0.3, -0.25) is 5.43 Å². The van der Waals surface area contributed by atoms with Gasteiger partial charge in [0.15, 0.2) is 0 Å². The van der Waals surface area contributed by atoms with Gasteiger partial charge in [0.2, 0.25) is 0 Å². The molecular formula is C15H10N4. The molecule has 0 spiro atoms. The summed E-state index contributed by atoms with van der Waals surface area (Å²) in [5.74, 6) is 0. The van der Waals surface area contributed by atoms with E-state index in [9.17, 15) is 0 Å². The maximum Gasteiger partial charge on any atom is 0.116 e. The zero-order chi connectivity index (χ0) is 12.7. The lowest BCUT2D eigenvalue weighted by Crippen LogP contribution is -1.92. The molecule has 1 aromatic heterocycles. The van der Waals surface area contributed by atoms with Crippen LogP contribution in [0.1, 0.15) is 5.56 Å². The summed E-state index contributed by atoms with van der Waals surface area (Å²) >= 11 is 0. The second-order valence-electron chi connectivity index (χ2n) is 4.40. The highest BCUT2D eigenvalue weighted by Gasteiger charge is 2.09. The van der Waals surface area contributed by atoms with Crippen LogP contribution in [0.2, 0.25) is 0 Å². The van der Waals surface area contributed by atoms with Crippen molar-refractivity contribution >= 4 is 39.7 Å². The molecule has 2 aromatic carbocycles. The predicted octanol–water partition coefficient (Wildman–Crippen LogP) is 3.21. The SMILES string of the molecule is C1=Cc2ccc3c(ccc4ncncc43)c2NN=C1. The molecule has 3 aromatic rings. The summed E-state index contributed by atoms with van der Waals surface area (Å²) in [5, 5.41) is 7.47. The van der Waals surface area contributed by atoms with E-state index in [0.29, 0.717) is 0 Å². The van der Waals surface area contributed by atoms with Crippen LogP contribution in [0.25, 0.3) is 27.8 Å². The van der Waals surface area contributed by atoms with Crippen LogP contribution in [-0.4, -0.2) is 16.2 Å². The van der Waals surface area contributed by atoms with Gasteiger partial charge in [-0.25, -0.2) is 9.97 Å². The number of anilines is 1. The Morgan fingerprint density at radius 1 is 0.947 bits per heavy atom. The highest BCUT2D eigenvalue weighted by molar-refractivity contribution is 6.12. The first-order valence-electron chi connectivity index (χ1n) is 6.05. The summed E-state index contributed by atoms with van der Waals surface area (Å²) in [6.07, 6.45) is 9.14. The molecule has 2 heterocycles. The van der Waals surface area contributed by atoms with Crippen molar-refractivity contribution in [1.82, 2.24) is 9.97 Å². The molecule has 4 nitrogen and oxygen atoms in total. The van der Waals surface area contributed by atoms with Gasteiger partial charge in [0.05, 0.1) is 11.2 Å². The number of allylic oxidation sites excluding steroid dienone is 1. The minimum Gasteiger partial charge on any atom is -0.277 e. The fraction of sp³-hybridized carbons (Fsp3) is 0. The number of nitrogens with zero attached hydrogens (tertiary/aromatic N) is 3. The van der Waals surface area contributed by atoms with Gasteiger partial charge in [-0.15, -0.1) is 0 Å². The first-order valence-corrected chi connectivity index (χ1v) is 6.05. The molecule has 0 amide bonds. The molecule has 0 atom stereocenters. The average molecular weight is 246 g/mol. The lowest BCUT2D eigenvalue weighted by molar-refractivity contribution is 1.23. The average Bonchev–Trinajstić information content (AvgIpc) is 2.72. The number of hydrazone groups is 1. The summed E-state index contributed by atoms with van der Waals surface area (Å²) < 4.78 is 0. The molecule has 1 aliphatic heterocycles. The Morgan fingerprint density at radius 2 is 1.89 bits per heavy atom. The van der Waals surface area contributed by atoms with Crippen molar-refractivity contribution in [2.75, 3.05) is 5.43 Å². The van der Waals surface area contributed by atoms with Gasteiger partial charge in [-0.05, 0) is 17.5 Å². The van der Waals surface area contributed by atoms with E-state index in [1.165, 1.54) is 0 Å². The van der Waals surface area contributed by atoms with Crippen LogP contribution in [0, 0.1) is 0 Å². The Kier molecular flexibility index (Phi) is 2.08. The number of rotatable bonds is 0. The molecule has 4 heteroatoms. The zero-order valence-corrected chi connectivity index (χ0v) is 10.0. The molecule has 0 saturated heterocycles. The van der Waals surface area contributed by atoms with Crippen molar-refractivity contribution in [2.45, 2.75) is 0 Å². The van der Waals surface area contributed by atoms with Gasteiger partial charge in [-0.1, -0.05) is 24.3 Å². The fourth-order valence-electron chi connectivity index (χ4n) is 2.44.